The Labute approximate surface area is 131 Å². The highest BCUT2D eigenvalue weighted by Crippen LogP contribution is 2.12. The molecule has 3 heterocycles. The topological polar surface area (TPSA) is 64.0 Å². The van der Waals surface area contributed by atoms with Crippen LogP contribution in [0.25, 0.3) is 11.0 Å². The van der Waals surface area contributed by atoms with Crippen molar-refractivity contribution in [2.75, 3.05) is 0 Å². The van der Waals surface area contributed by atoms with Gasteiger partial charge in [-0.15, -0.1) is 11.3 Å². The predicted octanol–water partition coefficient (Wildman–Crippen LogP) is 2.41. The minimum Gasteiger partial charge on any atom is -0.347 e. The van der Waals surface area contributed by atoms with Crippen molar-refractivity contribution >= 4 is 28.3 Å². The van der Waals surface area contributed by atoms with Crippen LogP contribution in [0.3, 0.4) is 0 Å². The Morgan fingerprint density at radius 2 is 2.23 bits per heavy atom. The molecular formula is C16H15N3O2S. The van der Waals surface area contributed by atoms with Crippen molar-refractivity contribution in [3.8, 4) is 0 Å². The Morgan fingerprint density at radius 1 is 1.36 bits per heavy atom. The molecule has 3 rings (SSSR count). The van der Waals surface area contributed by atoms with Crippen LogP contribution >= 0.6 is 11.3 Å². The number of hydrogen-bond acceptors (Lipinski definition) is 4. The van der Waals surface area contributed by atoms with Crippen molar-refractivity contribution in [3.63, 3.8) is 0 Å². The average Bonchev–Trinajstić information content (AvgIpc) is 3.05. The van der Waals surface area contributed by atoms with Gasteiger partial charge in [-0.2, -0.15) is 0 Å². The zero-order chi connectivity index (χ0) is 15.5. The van der Waals surface area contributed by atoms with E-state index in [1.807, 2.05) is 30.5 Å². The van der Waals surface area contributed by atoms with Crippen LogP contribution in [-0.2, 0) is 13.1 Å². The second-order valence-electron chi connectivity index (χ2n) is 4.79. The summed E-state index contributed by atoms with van der Waals surface area (Å²) in [6.07, 6.45) is 1.64. The van der Waals surface area contributed by atoms with Crippen LogP contribution in [0.4, 0.5) is 0 Å². The summed E-state index contributed by atoms with van der Waals surface area (Å²) in [5, 5.41) is 5.53. The zero-order valence-corrected chi connectivity index (χ0v) is 12.9. The lowest BCUT2D eigenvalue weighted by atomic mass is 10.2. The highest BCUT2D eigenvalue weighted by atomic mass is 32.1. The van der Waals surface area contributed by atoms with Gasteiger partial charge in [0.25, 0.3) is 11.5 Å². The Bertz CT molecular complexity index is 869. The van der Waals surface area contributed by atoms with Gasteiger partial charge in [-0.25, -0.2) is 4.98 Å². The molecule has 0 radical (unpaired) electrons. The van der Waals surface area contributed by atoms with Crippen LogP contribution in [0, 0.1) is 0 Å². The molecule has 1 N–H and O–H groups in total. The molecule has 0 aromatic carbocycles. The van der Waals surface area contributed by atoms with E-state index >= 15 is 0 Å². The second-order valence-corrected chi connectivity index (χ2v) is 5.82. The minimum atomic E-state index is -0.355. The molecule has 0 atom stereocenters. The fourth-order valence-electron chi connectivity index (χ4n) is 2.34. The lowest BCUT2D eigenvalue weighted by Gasteiger charge is -2.10. The Hall–Kier alpha value is -2.47. The molecule has 0 aliphatic rings. The molecule has 0 fully saturated rings. The summed E-state index contributed by atoms with van der Waals surface area (Å²) in [5.74, 6) is -0.355. The van der Waals surface area contributed by atoms with Gasteiger partial charge >= 0.3 is 0 Å². The number of aryl methyl sites for hydroxylation is 1. The molecule has 0 saturated heterocycles. The molecule has 5 nitrogen and oxygen atoms in total. The summed E-state index contributed by atoms with van der Waals surface area (Å²) in [5.41, 5.74) is 0.445. The van der Waals surface area contributed by atoms with Crippen LogP contribution in [-0.4, -0.2) is 15.5 Å². The number of rotatable bonds is 4. The molecule has 3 aromatic rings. The third-order valence-electron chi connectivity index (χ3n) is 3.41. The minimum absolute atomic E-state index is 0.152. The molecule has 22 heavy (non-hydrogen) atoms. The van der Waals surface area contributed by atoms with Crippen LogP contribution in [0.2, 0.25) is 0 Å². The molecule has 6 heteroatoms. The number of nitrogens with one attached hydrogen (secondary N) is 1. The molecule has 1 amide bonds. The highest BCUT2D eigenvalue weighted by Gasteiger charge is 2.15. The molecule has 3 aromatic heterocycles. The Kier molecular flexibility index (Phi) is 4.02. The summed E-state index contributed by atoms with van der Waals surface area (Å²) in [7, 11) is 0. The van der Waals surface area contributed by atoms with Crippen molar-refractivity contribution in [3.05, 3.63) is 62.7 Å². The van der Waals surface area contributed by atoms with E-state index in [1.165, 1.54) is 4.57 Å². The van der Waals surface area contributed by atoms with Crippen molar-refractivity contribution in [2.45, 2.75) is 20.0 Å². The molecule has 0 spiro atoms. The summed E-state index contributed by atoms with van der Waals surface area (Å²) in [6, 6.07) is 9.13. The Morgan fingerprint density at radius 3 is 2.95 bits per heavy atom. The van der Waals surface area contributed by atoms with E-state index in [4.69, 9.17) is 0 Å². The molecule has 0 aliphatic heterocycles. The van der Waals surface area contributed by atoms with Gasteiger partial charge in [0.15, 0.2) is 0 Å². The SMILES string of the molecule is CCn1c(=O)c(C(=O)NCc2cccs2)cc2cccnc21. The third kappa shape index (κ3) is 2.65. The Balaban J connectivity index is 1.97. The van der Waals surface area contributed by atoms with Gasteiger partial charge in [0.1, 0.15) is 11.2 Å². The van der Waals surface area contributed by atoms with E-state index in [0.717, 1.165) is 10.3 Å². The van der Waals surface area contributed by atoms with Crippen LogP contribution in [0.15, 0.2) is 46.7 Å². The molecule has 0 saturated carbocycles. The summed E-state index contributed by atoms with van der Waals surface area (Å²) >= 11 is 1.57. The first kappa shape index (κ1) is 14.5. The van der Waals surface area contributed by atoms with Gasteiger partial charge in [0.05, 0.1) is 6.54 Å². The van der Waals surface area contributed by atoms with Crippen molar-refractivity contribution in [2.24, 2.45) is 0 Å². The number of fused-ring (bicyclic) bond motifs is 1. The van der Waals surface area contributed by atoms with Gasteiger partial charge in [0, 0.05) is 23.0 Å². The van der Waals surface area contributed by atoms with Crippen LogP contribution < -0.4 is 10.9 Å². The fraction of sp³-hybridized carbons (Fsp3) is 0.188. The third-order valence-corrected chi connectivity index (χ3v) is 4.29. The number of pyridine rings is 2. The summed E-state index contributed by atoms with van der Waals surface area (Å²) < 4.78 is 1.52. The van der Waals surface area contributed by atoms with Gasteiger partial charge < -0.3 is 5.32 Å². The zero-order valence-electron chi connectivity index (χ0n) is 12.1. The van der Waals surface area contributed by atoms with Gasteiger partial charge in [-0.3, -0.25) is 14.2 Å². The predicted molar refractivity (Wildman–Crippen MR) is 87.2 cm³/mol. The van der Waals surface area contributed by atoms with E-state index in [9.17, 15) is 9.59 Å². The van der Waals surface area contributed by atoms with E-state index in [0.29, 0.717) is 18.7 Å². The first-order chi connectivity index (χ1) is 10.7. The molecule has 0 unspecified atom stereocenters. The maximum Gasteiger partial charge on any atom is 0.265 e. The smallest absolute Gasteiger partial charge is 0.265 e. The lowest BCUT2D eigenvalue weighted by Crippen LogP contribution is -2.32. The fourth-order valence-corrected chi connectivity index (χ4v) is 2.98. The number of carbonyl (C=O) groups excluding carboxylic acids is 1. The van der Waals surface area contributed by atoms with Crippen LogP contribution in [0.5, 0.6) is 0 Å². The van der Waals surface area contributed by atoms with Crippen molar-refractivity contribution < 1.29 is 4.79 Å². The number of amides is 1. The number of hydrogen-bond donors (Lipinski definition) is 1. The van der Waals surface area contributed by atoms with Gasteiger partial charge in [-0.05, 0) is 36.6 Å². The first-order valence-corrected chi connectivity index (χ1v) is 7.88. The van der Waals surface area contributed by atoms with E-state index in [2.05, 4.69) is 10.3 Å². The highest BCUT2D eigenvalue weighted by molar-refractivity contribution is 7.09. The molecule has 112 valence electrons. The van der Waals surface area contributed by atoms with Crippen molar-refractivity contribution in [1.82, 2.24) is 14.9 Å². The van der Waals surface area contributed by atoms with E-state index < -0.39 is 0 Å². The number of carbonyl (C=O) groups is 1. The average molecular weight is 313 g/mol. The standard InChI is InChI=1S/C16H15N3O2S/c1-2-19-14-11(5-3-7-17-14)9-13(16(19)21)15(20)18-10-12-6-4-8-22-12/h3-9H,2,10H2,1H3,(H,18,20). The quantitative estimate of drug-likeness (QED) is 0.804. The summed E-state index contributed by atoms with van der Waals surface area (Å²) in [6.45, 7) is 2.76. The lowest BCUT2D eigenvalue weighted by molar-refractivity contribution is 0.0949. The monoisotopic (exact) mass is 313 g/mol. The molecular weight excluding hydrogens is 298 g/mol. The van der Waals surface area contributed by atoms with Gasteiger partial charge in [-0.1, -0.05) is 6.07 Å². The maximum absolute atomic E-state index is 12.5. The molecule has 0 aliphatic carbocycles. The number of thiophene rings is 1. The maximum atomic E-state index is 12.5. The largest absolute Gasteiger partial charge is 0.347 e. The van der Waals surface area contributed by atoms with E-state index in [1.54, 1.807) is 29.7 Å². The number of aromatic nitrogens is 2. The first-order valence-electron chi connectivity index (χ1n) is 7.00. The van der Waals surface area contributed by atoms with E-state index in [-0.39, 0.29) is 17.0 Å². The second kappa shape index (κ2) is 6.11. The normalized spacial score (nSPS) is 10.8. The van der Waals surface area contributed by atoms with Crippen molar-refractivity contribution in [1.29, 1.82) is 0 Å². The number of nitrogens with zero attached hydrogens (tertiary/aromatic N) is 2. The molecule has 0 bridgehead atoms. The summed E-state index contributed by atoms with van der Waals surface area (Å²) in [4.78, 5) is 30.1. The van der Waals surface area contributed by atoms with Crippen LogP contribution in [0.1, 0.15) is 22.2 Å². The van der Waals surface area contributed by atoms with Gasteiger partial charge in [0.2, 0.25) is 0 Å².